The van der Waals surface area contributed by atoms with Gasteiger partial charge in [-0.2, -0.15) is 0 Å². The zero-order chi connectivity index (χ0) is 11.5. The van der Waals surface area contributed by atoms with E-state index in [9.17, 15) is 0 Å². The fraction of sp³-hybridized carbons (Fsp3) is 0.583. The van der Waals surface area contributed by atoms with E-state index in [2.05, 4.69) is 44.1 Å². The lowest BCUT2D eigenvalue weighted by molar-refractivity contribution is 0.445. The average Bonchev–Trinajstić information content (AvgIpc) is 2.47. The van der Waals surface area contributed by atoms with Crippen LogP contribution in [-0.2, 0) is 0 Å². The SMILES string of the molecule is CC(=Cc1cnc(C)s1)CNC(C)(C)C. The fourth-order valence-corrected chi connectivity index (χ4v) is 1.96. The predicted molar refractivity (Wildman–Crippen MR) is 68.3 cm³/mol. The van der Waals surface area contributed by atoms with Crippen LogP contribution in [0.5, 0.6) is 0 Å². The van der Waals surface area contributed by atoms with Gasteiger partial charge in [0.2, 0.25) is 0 Å². The Morgan fingerprint density at radius 3 is 2.67 bits per heavy atom. The molecule has 0 saturated heterocycles. The summed E-state index contributed by atoms with van der Waals surface area (Å²) in [5.74, 6) is 0. The van der Waals surface area contributed by atoms with Crippen LogP contribution in [0.4, 0.5) is 0 Å². The van der Waals surface area contributed by atoms with Crippen molar-refractivity contribution in [3.8, 4) is 0 Å². The molecule has 3 heteroatoms. The third-order valence-corrected chi connectivity index (χ3v) is 2.79. The summed E-state index contributed by atoms with van der Waals surface area (Å²) in [6.45, 7) is 11.6. The van der Waals surface area contributed by atoms with Crippen LogP contribution in [0.2, 0.25) is 0 Å². The highest BCUT2D eigenvalue weighted by Gasteiger charge is 2.07. The molecule has 1 N–H and O–H groups in total. The lowest BCUT2D eigenvalue weighted by Gasteiger charge is -2.20. The zero-order valence-electron chi connectivity index (χ0n) is 10.2. The van der Waals surface area contributed by atoms with E-state index >= 15 is 0 Å². The first-order valence-electron chi connectivity index (χ1n) is 5.21. The van der Waals surface area contributed by atoms with E-state index in [4.69, 9.17) is 0 Å². The third kappa shape index (κ3) is 5.09. The maximum Gasteiger partial charge on any atom is 0.0900 e. The number of nitrogens with one attached hydrogen (secondary N) is 1. The third-order valence-electron chi connectivity index (χ3n) is 1.93. The molecule has 1 rings (SSSR count). The topological polar surface area (TPSA) is 24.9 Å². The van der Waals surface area contributed by atoms with Crippen molar-refractivity contribution in [3.63, 3.8) is 0 Å². The summed E-state index contributed by atoms with van der Waals surface area (Å²) in [5, 5.41) is 4.59. The lowest BCUT2D eigenvalue weighted by Crippen LogP contribution is -2.36. The van der Waals surface area contributed by atoms with Gasteiger partial charge in [-0.1, -0.05) is 5.57 Å². The minimum atomic E-state index is 0.179. The van der Waals surface area contributed by atoms with Crippen LogP contribution >= 0.6 is 11.3 Å². The van der Waals surface area contributed by atoms with E-state index in [1.54, 1.807) is 11.3 Å². The second kappa shape index (κ2) is 4.90. The number of hydrogen-bond acceptors (Lipinski definition) is 3. The van der Waals surface area contributed by atoms with Gasteiger partial charge < -0.3 is 5.32 Å². The zero-order valence-corrected chi connectivity index (χ0v) is 11.0. The highest BCUT2D eigenvalue weighted by molar-refractivity contribution is 7.12. The Hall–Kier alpha value is -0.670. The molecule has 0 aliphatic rings. The van der Waals surface area contributed by atoms with Gasteiger partial charge in [-0.05, 0) is 40.7 Å². The predicted octanol–water partition coefficient (Wildman–Crippen LogP) is 3.24. The summed E-state index contributed by atoms with van der Waals surface area (Å²) in [7, 11) is 0. The van der Waals surface area contributed by atoms with E-state index in [-0.39, 0.29) is 5.54 Å². The first-order valence-corrected chi connectivity index (χ1v) is 6.03. The molecule has 15 heavy (non-hydrogen) atoms. The molecule has 0 radical (unpaired) electrons. The normalized spacial score (nSPS) is 13.3. The molecule has 0 unspecified atom stereocenters. The van der Waals surface area contributed by atoms with Crippen LogP contribution in [0.15, 0.2) is 11.8 Å². The summed E-state index contributed by atoms with van der Waals surface area (Å²) in [5.41, 5.74) is 1.52. The number of rotatable bonds is 3. The molecule has 1 aromatic heterocycles. The molecule has 0 aliphatic carbocycles. The van der Waals surface area contributed by atoms with Crippen molar-refractivity contribution in [1.29, 1.82) is 0 Å². The van der Waals surface area contributed by atoms with E-state index in [1.807, 2.05) is 13.1 Å². The Labute approximate surface area is 96.4 Å². The van der Waals surface area contributed by atoms with E-state index in [1.165, 1.54) is 10.5 Å². The van der Waals surface area contributed by atoms with E-state index in [0.717, 1.165) is 11.6 Å². The molecule has 0 spiro atoms. The van der Waals surface area contributed by atoms with Crippen molar-refractivity contribution in [2.24, 2.45) is 0 Å². The van der Waals surface area contributed by atoms with Gasteiger partial charge in [-0.3, -0.25) is 0 Å². The smallest absolute Gasteiger partial charge is 0.0900 e. The summed E-state index contributed by atoms with van der Waals surface area (Å²) >= 11 is 1.73. The molecule has 0 amide bonds. The molecule has 1 heterocycles. The van der Waals surface area contributed by atoms with Crippen molar-refractivity contribution in [3.05, 3.63) is 21.7 Å². The lowest BCUT2D eigenvalue weighted by atomic mass is 10.1. The van der Waals surface area contributed by atoms with Crippen LogP contribution in [0.25, 0.3) is 6.08 Å². The average molecular weight is 224 g/mol. The molecule has 0 aromatic carbocycles. The summed E-state index contributed by atoms with van der Waals surface area (Å²) < 4.78 is 0. The molecule has 0 aliphatic heterocycles. The van der Waals surface area contributed by atoms with Gasteiger partial charge in [0.15, 0.2) is 0 Å². The van der Waals surface area contributed by atoms with Crippen molar-refractivity contribution in [2.75, 3.05) is 6.54 Å². The maximum absolute atomic E-state index is 4.23. The molecule has 0 bridgehead atoms. The minimum Gasteiger partial charge on any atom is -0.308 e. The van der Waals surface area contributed by atoms with Gasteiger partial charge in [0.1, 0.15) is 0 Å². The second-order valence-electron chi connectivity index (χ2n) is 4.88. The first kappa shape index (κ1) is 12.4. The van der Waals surface area contributed by atoms with Gasteiger partial charge in [0.25, 0.3) is 0 Å². The van der Waals surface area contributed by atoms with Crippen LogP contribution in [0.3, 0.4) is 0 Å². The van der Waals surface area contributed by atoms with Gasteiger partial charge >= 0.3 is 0 Å². The maximum atomic E-state index is 4.23. The van der Waals surface area contributed by atoms with Crippen LogP contribution in [-0.4, -0.2) is 17.1 Å². The molecule has 1 aromatic rings. The highest BCUT2D eigenvalue weighted by atomic mass is 32.1. The molecular formula is C12H20N2S. The van der Waals surface area contributed by atoms with Gasteiger partial charge in [0, 0.05) is 23.2 Å². The van der Waals surface area contributed by atoms with Crippen molar-refractivity contribution >= 4 is 17.4 Å². The molecule has 0 fully saturated rings. The quantitative estimate of drug-likeness (QED) is 0.852. The van der Waals surface area contributed by atoms with Crippen molar-refractivity contribution in [2.45, 2.75) is 40.2 Å². The number of hydrogen-bond donors (Lipinski definition) is 1. The molecular weight excluding hydrogens is 204 g/mol. The standard InChI is InChI=1S/C12H20N2S/c1-9(7-14-12(3,4)5)6-11-8-13-10(2)15-11/h6,8,14H,7H2,1-5H3. The Morgan fingerprint density at radius 1 is 1.53 bits per heavy atom. The largest absolute Gasteiger partial charge is 0.308 e. The van der Waals surface area contributed by atoms with Gasteiger partial charge in [-0.15, -0.1) is 11.3 Å². The summed E-state index contributed by atoms with van der Waals surface area (Å²) in [6.07, 6.45) is 4.13. The molecule has 84 valence electrons. The first-order chi connectivity index (χ1) is 6.87. The van der Waals surface area contributed by atoms with Crippen LogP contribution in [0.1, 0.15) is 37.6 Å². The highest BCUT2D eigenvalue weighted by Crippen LogP contribution is 2.15. The minimum absolute atomic E-state index is 0.179. The van der Waals surface area contributed by atoms with Crippen LogP contribution < -0.4 is 5.32 Å². The van der Waals surface area contributed by atoms with Crippen molar-refractivity contribution in [1.82, 2.24) is 10.3 Å². The van der Waals surface area contributed by atoms with Gasteiger partial charge in [0.05, 0.1) is 5.01 Å². The monoisotopic (exact) mass is 224 g/mol. The Morgan fingerprint density at radius 2 is 2.20 bits per heavy atom. The number of aryl methyl sites for hydroxylation is 1. The Balaban J connectivity index is 2.53. The molecule has 0 saturated carbocycles. The van der Waals surface area contributed by atoms with Crippen LogP contribution in [0, 0.1) is 6.92 Å². The number of nitrogens with zero attached hydrogens (tertiary/aromatic N) is 1. The van der Waals surface area contributed by atoms with E-state index in [0.29, 0.717) is 0 Å². The number of thiazole rings is 1. The molecule has 0 atom stereocenters. The second-order valence-corrected chi connectivity index (χ2v) is 6.14. The summed E-state index contributed by atoms with van der Waals surface area (Å²) in [4.78, 5) is 5.47. The van der Waals surface area contributed by atoms with Crippen molar-refractivity contribution < 1.29 is 0 Å². The molecule has 2 nitrogen and oxygen atoms in total. The number of aromatic nitrogens is 1. The fourth-order valence-electron chi connectivity index (χ4n) is 1.14. The van der Waals surface area contributed by atoms with Gasteiger partial charge in [-0.25, -0.2) is 4.98 Å². The summed E-state index contributed by atoms with van der Waals surface area (Å²) in [6, 6.07) is 0. The Kier molecular flexibility index (Phi) is 4.05. The van der Waals surface area contributed by atoms with E-state index < -0.39 is 0 Å². The Bertz CT molecular complexity index is 345.